The number of nitrogens with zero attached hydrogens (tertiary/aromatic N) is 2. The summed E-state index contributed by atoms with van der Waals surface area (Å²) < 4.78 is 2.55. The summed E-state index contributed by atoms with van der Waals surface area (Å²) in [4.78, 5) is 2.57. The highest BCUT2D eigenvalue weighted by Crippen LogP contribution is 2.30. The van der Waals surface area contributed by atoms with Crippen molar-refractivity contribution in [3.8, 4) is 0 Å². The van der Waals surface area contributed by atoms with Crippen LogP contribution in [0.2, 0.25) is 0 Å². The maximum atomic E-state index is 2.57. The van der Waals surface area contributed by atoms with E-state index in [1.54, 1.807) is 11.3 Å². The molecular weight excluding hydrogens is 280 g/mol. The topological polar surface area (TPSA) is 8.17 Å². The van der Waals surface area contributed by atoms with Gasteiger partial charge in [0.2, 0.25) is 0 Å². The first-order valence-corrected chi connectivity index (χ1v) is 8.72. The Kier molecular flexibility index (Phi) is 3.92. The molecule has 3 aromatic rings. The Morgan fingerprint density at radius 3 is 2.43 bits per heavy atom. The molecule has 1 aliphatic rings. The monoisotopic (exact) mass is 304 g/mol. The van der Waals surface area contributed by atoms with Crippen molar-refractivity contribution in [2.45, 2.75) is 26.3 Å². The molecule has 0 N–H and O–H groups in total. The van der Waals surface area contributed by atoms with Gasteiger partial charge in [-0.05, 0) is 30.2 Å². The lowest BCUT2D eigenvalue weighted by atomic mass is 10.1. The van der Waals surface area contributed by atoms with Crippen molar-refractivity contribution in [1.82, 2.24) is 9.47 Å². The van der Waals surface area contributed by atoms with Gasteiger partial charge in [-0.25, -0.2) is 0 Å². The molecule has 2 heterocycles. The van der Waals surface area contributed by atoms with Crippen molar-refractivity contribution in [2.75, 3.05) is 19.6 Å². The average molecular weight is 304 g/mol. The fraction of sp³-hybridized carbons (Fsp3) is 0.333. The van der Waals surface area contributed by atoms with Crippen molar-refractivity contribution in [1.29, 1.82) is 0 Å². The van der Waals surface area contributed by atoms with Gasteiger partial charge in [0.15, 0.2) is 0 Å². The summed E-state index contributed by atoms with van der Waals surface area (Å²) in [6.07, 6.45) is 2.33. The lowest BCUT2D eigenvalue weighted by Crippen LogP contribution is -2.26. The molecule has 1 aliphatic heterocycles. The van der Waals surface area contributed by atoms with Crippen LogP contribution in [0.3, 0.4) is 0 Å². The van der Waals surface area contributed by atoms with Crippen LogP contribution in [-0.2, 0) is 19.4 Å². The van der Waals surface area contributed by atoms with Gasteiger partial charge in [0, 0.05) is 42.7 Å². The average Bonchev–Trinajstić information content (AvgIpc) is 2.76. The van der Waals surface area contributed by atoms with Crippen LogP contribution in [0.1, 0.15) is 23.7 Å². The van der Waals surface area contributed by atoms with Crippen molar-refractivity contribution in [3.05, 3.63) is 71.4 Å². The van der Waals surface area contributed by atoms with E-state index in [4.69, 9.17) is 0 Å². The number of rotatable bonds is 3. The van der Waals surface area contributed by atoms with E-state index in [-0.39, 0.29) is 0 Å². The van der Waals surface area contributed by atoms with Gasteiger partial charge in [0.05, 0.1) is 0 Å². The van der Waals surface area contributed by atoms with Crippen molar-refractivity contribution in [3.63, 3.8) is 0 Å². The molecule has 4 rings (SSSR count). The zero-order chi connectivity index (χ0) is 15.6. The van der Waals surface area contributed by atoms with Crippen molar-refractivity contribution in [2.24, 2.45) is 0 Å². The minimum Gasteiger partial charge on any atom is -0.340 e. The maximum Gasteiger partial charge on any atom is 0.0488 e. The molecule has 0 spiro atoms. The molecule has 0 fully saturated rings. The quantitative estimate of drug-likeness (QED) is 0.707. The second kappa shape index (κ2) is 6.21. The Morgan fingerprint density at radius 2 is 1.61 bits per heavy atom. The highest BCUT2D eigenvalue weighted by Gasteiger charge is 2.20. The number of benzene rings is 2. The van der Waals surface area contributed by atoms with Gasteiger partial charge in [-0.3, -0.25) is 0 Å². The highest BCUT2D eigenvalue weighted by atomic mass is 15.1. The van der Waals surface area contributed by atoms with Gasteiger partial charge >= 0.3 is 0 Å². The molecule has 2 aromatic carbocycles. The van der Waals surface area contributed by atoms with Gasteiger partial charge in [-0.1, -0.05) is 55.5 Å². The van der Waals surface area contributed by atoms with Crippen LogP contribution in [0.15, 0.2) is 54.6 Å². The first-order valence-electron chi connectivity index (χ1n) is 8.72. The molecule has 0 aliphatic carbocycles. The van der Waals surface area contributed by atoms with Crippen LogP contribution in [0.4, 0.5) is 0 Å². The third kappa shape index (κ3) is 2.68. The van der Waals surface area contributed by atoms with E-state index in [1.807, 2.05) is 0 Å². The zero-order valence-corrected chi connectivity index (χ0v) is 13.8. The molecule has 0 amide bonds. The number of fused-ring (bicyclic) bond motifs is 3. The summed E-state index contributed by atoms with van der Waals surface area (Å²) in [5.74, 6) is 0. The van der Waals surface area contributed by atoms with Crippen LogP contribution in [0, 0.1) is 0 Å². The van der Waals surface area contributed by atoms with E-state index in [2.05, 4.69) is 71.0 Å². The molecule has 2 heteroatoms. The minimum atomic E-state index is 0.975. The Hall–Kier alpha value is -2.06. The van der Waals surface area contributed by atoms with E-state index in [1.165, 1.54) is 36.0 Å². The van der Waals surface area contributed by atoms with Crippen molar-refractivity contribution < 1.29 is 0 Å². The van der Waals surface area contributed by atoms with Gasteiger partial charge in [0.25, 0.3) is 0 Å². The summed E-state index contributed by atoms with van der Waals surface area (Å²) in [5.41, 5.74) is 5.90. The Morgan fingerprint density at radius 1 is 0.870 bits per heavy atom. The molecule has 0 unspecified atom stereocenters. The summed E-state index contributed by atoms with van der Waals surface area (Å²) in [6.45, 7) is 6.76. The first-order chi connectivity index (χ1) is 11.4. The molecule has 23 heavy (non-hydrogen) atoms. The second-order valence-corrected chi connectivity index (χ2v) is 6.45. The highest BCUT2D eigenvalue weighted by molar-refractivity contribution is 5.86. The molecule has 1 aromatic heterocycles. The van der Waals surface area contributed by atoms with Gasteiger partial charge in [0.1, 0.15) is 0 Å². The Balaban J connectivity index is 1.82. The zero-order valence-electron chi connectivity index (χ0n) is 13.8. The molecule has 0 saturated carbocycles. The van der Waals surface area contributed by atoms with Crippen LogP contribution >= 0.6 is 0 Å². The molecule has 0 bridgehead atoms. The number of likely N-dealkylation sites (N-methyl/N-ethyl adjacent to an activating group) is 1. The van der Waals surface area contributed by atoms with E-state index < -0.39 is 0 Å². The molecule has 2 nitrogen and oxygen atoms in total. The largest absolute Gasteiger partial charge is 0.340 e. The van der Waals surface area contributed by atoms with Gasteiger partial charge in [-0.2, -0.15) is 0 Å². The predicted molar refractivity (Wildman–Crippen MR) is 97.0 cm³/mol. The Bertz CT molecular complexity index is 801. The fourth-order valence-corrected chi connectivity index (χ4v) is 3.90. The molecule has 118 valence electrons. The van der Waals surface area contributed by atoms with Gasteiger partial charge in [-0.15, -0.1) is 0 Å². The third-order valence-corrected chi connectivity index (χ3v) is 5.17. The predicted octanol–water partition coefficient (Wildman–Crippen LogP) is 4.11. The van der Waals surface area contributed by atoms with Crippen molar-refractivity contribution >= 4 is 10.9 Å². The summed E-state index contributed by atoms with van der Waals surface area (Å²) >= 11 is 0. The molecule has 0 saturated heterocycles. The number of hydrogen-bond donors (Lipinski definition) is 0. The van der Waals surface area contributed by atoms with E-state index in [0.717, 1.165) is 19.5 Å². The fourth-order valence-electron chi connectivity index (χ4n) is 3.90. The molecule has 0 atom stereocenters. The van der Waals surface area contributed by atoms with Crippen LogP contribution < -0.4 is 0 Å². The van der Waals surface area contributed by atoms with E-state index in [0.29, 0.717) is 0 Å². The van der Waals surface area contributed by atoms with Crippen LogP contribution in [0.5, 0.6) is 0 Å². The minimum absolute atomic E-state index is 0.975. The number of aromatic nitrogens is 1. The van der Waals surface area contributed by atoms with E-state index >= 15 is 0 Å². The second-order valence-electron chi connectivity index (χ2n) is 6.45. The summed E-state index contributed by atoms with van der Waals surface area (Å²) in [5, 5.41) is 1.45. The van der Waals surface area contributed by atoms with Gasteiger partial charge < -0.3 is 9.47 Å². The lowest BCUT2D eigenvalue weighted by Gasteiger charge is -2.17. The normalized spacial score (nSPS) is 15.5. The Labute approximate surface area is 138 Å². The van der Waals surface area contributed by atoms with Crippen LogP contribution in [-0.4, -0.2) is 29.1 Å². The number of hydrogen-bond acceptors (Lipinski definition) is 1. The number of para-hydroxylation sites is 1. The summed E-state index contributed by atoms with van der Waals surface area (Å²) in [7, 11) is 0. The van der Waals surface area contributed by atoms with E-state index in [9.17, 15) is 0 Å². The lowest BCUT2D eigenvalue weighted by molar-refractivity contribution is 0.302. The molecular formula is C21H24N2. The SMILES string of the molecule is CCN1CCc2c(n(Cc3ccccc3)c3ccccc23)CC1. The smallest absolute Gasteiger partial charge is 0.0488 e. The first kappa shape index (κ1) is 14.5. The summed E-state index contributed by atoms with van der Waals surface area (Å²) in [6, 6.07) is 19.8. The van der Waals surface area contributed by atoms with Crippen LogP contribution in [0.25, 0.3) is 10.9 Å². The molecule has 0 radical (unpaired) electrons. The third-order valence-electron chi connectivity index (χ3n) is 5.17. The standard InChI is InChI=1S/C21H24N2/c1-2-22-14-12-19-18-10-6-7-11-20(18)23(21(19)13-15-22)16-17-8-4-3-5-9-17/h3-11H,2,12-16H2,1H3. The maximum absolute atomic E-state index is 2.57.